The number of methoxy groups -OCH3 is 1. The topological polar surface area (TPSA) is 68.7 Å². The van der Waals surface area contributed by atoms with E-state index in [9.17, 15) is 9.90 Å². The number of hydrogen-bond acceptors (Lipinski definition) is 5. The first-order valence-electron chi connectivity index (χ1n) is 8.59. The Morgan fingerprint density at radius 2 is 1.81 bits per heavy atom. The molecule has 0 amide bonds. The zero-order valence-electron chi connectivity index (χ0n) is 15.7. The van der Waals surface area contributed by atoms with Crippen LogP contribution in [0.15, 0.2) is 46.9 Å². The zero-order valence-corrected chi connectivity index (χ0v) is 17.3. The van der Waals surface area contributed by atoms with Gasteiger partial charge in [0.2, 0.25) is 0 Å². The summed E-state index contributed by atoms with van der Waals surface area (Å²) < 4.78 is 11.3. The predicted octanol–water partition coefficient (Wildman–Crippen LogP) is 5.40. The van der Waals surface area contributed by atoms with Gasteiger partial charge in [-0.2, -0.15) is 0 Å². The maximum Gasteiger partial charge on any atom is 0.360 e. The van der Waals surface area contributed by atoms with Crippen LogP contribution in [0.2, 0.25) is 0 Å². The molecule has 0 spiro atoms. The van der Waals surface area contributed by atoms with Gasteiger partial charge in [0, 0.05) is 10.8 Å². The van der Waals surface area contributed by atoms with Crippen LogP contribution in [-0.2, 0) is 11.3 Å². The summed E-state index contributed by atoms with van der Waals surface area (Å²) in [6, 6.07) is 13.1. The predicted molar refractivity (Wildman–Crippen MR) is 109 cm³/mol. The van der Waals surface area contributed by atoms with Crippen LogP contribution >= 0.6 is 15.9 Å². The minimum Gasteiger partial charge on any atom is -0.506 e. The number of phenols is 1. The van der Waals surface area contributed by atoms with E-state index in [1.165, 1.54) is 7.11 Å². The van der Waals surface area contributed by atoms with E-state index in [4.69, 9.17) is 9.47 Å². The number of halogens is 1. The van der Waals surface area contributed by atoms with Crippen molar-refractivity contribution in [3.05, 3.63) is 63.9 Å². The molecular weight excluding hydrogens is 410 g/mol. The van der Waals surface area contributed by atoms with E-state index < -0.39 is 5.97 Å². The van der Waals surface area contributed by atoms with Gasteiger partial charge in [0.15, 0.2) is 11.4 Å². The molecule has 1 N–H and O–H groups in total. The summed E-state index contributed by atoms with van der Waals surface area (Å²) in [7, 11) is 1.30. The molecule has 1 aromatic heterocycles. The molecule has 3 rings (SSSR count). The van der Waals surface area contributed by atoms with Crippen LogP contribution in [0.1, 0.15) is 35.6 Å². The summed E-state index contributed by atoms with van der Waals surface area (Å²) in [5.74, 6) is -0.238. The number of ether oxygens (including phenoxy) is 2. The van der Waals surface area contributed by atoms with E-state index in [2.05, 4.69) is 20.9 Å². The lowest BCUT2D eigenvalue weighted by Crippen LogP contribution is -2.10. The number of fused-ring (bicyclic) bond motifs is 1. The molecule has 0 aliphatic heterocycles. The normalized spacial score (nSPS) is 10.1. The van der Waals surface area contributed by atoms with Crippen molar-refractivity contribution in [2.75, 3.05) is 7.11 Å². The Hall–Kier alpha value is -2.60. The van der Waals surface area contributed by atoms with E-state index in [0.29, 0.717) is 26.7 Å². The van der Waals surface area contributed by atoms with Crippen molar-refractivity contribution in [2.24, 2.45) is 0 Å². The zero-order chi connectivity index (χ0) is 20.0. The Morgan fingerprint density at radius 3 is 2.44 bits per heavy atom. The van der Waals surface area contributed by atoms with E-state index in [0.717, 1.165) is 5.56 Å². The van der Waals surface area contributed by atoms with E-state index in [1.807, 2.05) is 44.2 Å². The number of carbonyl (C=O) groups is 1. The van der Waals surface area contributed by atoms with Gasteiger partial charge >= 0.3 is 5.97 Å². The largest absolute Gasteiger partial charge is 0.506 e. The second-order valence-electron chi connectivity index (χ2n) is 5.46. The van der Waals surface area contributed by atoms with Crippen molar-refractivity contribution in [3.8, 4) is 11.5 Å². The molecule has 27 heavy (non-hydrogen) atoms. The summed E-state index contributed by atoms with van der Waals surface area (Å²) in [6.45, 7) is 5.99. The molecule has 0 atom stereocenters. The van der Waals surface area contributed by atoms with E-state index in [-0.39, 0.29) is 18.1 Å². The molecule has 0 aliphatic rings. The molecule has 2 aromatic carbocycles. The van der Waals surface area contributed by atoms with Gasteiger partial charge in [-0.3, -0.25) is 0 Å². The molecular formula is C21H22BrNO4. The van der Waals surface area contributed by atoms with Gasteiger partial charge in [-0.15, -0.1) is 0 Å². The van der Waals surface area contributed by atoms with Crippen LogP contribution in [0.4, 0.5) is 0 Å². The number of nitrogens with zero attached hydrogens (tertiary/aromatic N) is 1. The quantitative estimate of drug-likeness (QED) is 0.559. The Kier molecular flexibility index (Phi) is 7.19. The second-order valence-corrected chi connectivity index (χ2v) is 6.31. The molecule has 0 radical (unpaired) electrons. The van der Waals surface area contributed by atoms with Gasteiger partial charge in [-0.25, -0.2) is 9.78 Å². The first-order chi connectivity index (χ1) is 13.0. The average Bonchev–Trinajstić information content (AvgIpc) is 2.71. The number of esters is 1. The lowest BCUT2D eigenvalue weighted by Gasteiger charge is -2.15. The van der Waals surface area contributed by atoms with Gasteiger partial charge in [-0.1, -0.05) is 44.2 Å². The molecule has 1 heterocycles. The molecule has 142 valence electrons. The highest BCUT2D eigenvalue weighted by Crippen LogP contribution is 2.40. The minimum atomic E-state index is -0.588. The highest BCUT2D eigenvalue weighted by Gasteiger charge is 2.22. The molecule has 3 aromatic rings. The van der Waals surface area contributed by atoms with Crippen molar-refractivity contribution in [1.29, 1.82) is 0 Å². The van der Waals surface area contributed by atoms with Crippen LogP contribution in [-0.4, -0.2) is 23.2 Å². The van der Waals surface area contributed by atoms with Gasteiger partial charge < -0.3 is 14.6 Å². The third-order valence-corrected chi connectivity index (χ3v) is 4.47. The maximum absolute atomic E-state index is 12.2. The van der Waals surface area contributed by atoms with Crippen LogP contribution in [0, 0.1) is 6.92 Å². The number of carbonyl (C=O) groups excluding carboxylic acids is 1. The summed E-state index contributed by atoms with van der Waals surface area (Å²) in [4.78, 5) is 16.5. The lowest BCUT2D eigenvalue weighted by molar-refractivity contribution is 0.0588. The third-order valence-electron chi connectivity index (χ3n) is 3.83. The number of rotatable bonds is 4. The van der Waals surface area contributed by atoms with Crippen molar-refractivity contribution < 1.29 is 19.4 Å². The molecule has 0 saturated heterocycles. The number of aromatic nitrogens is 1. The molecule has 0 saturated carbocycles. The molecule has 0 aliphatic carbocycles. The average molecular weight is 432 g/mol. The SMILES string of the molecule is CC.COC(=O)c1nc(C)c2c(O)c(Br)ccc2c1OCc1ccccc1. The van der Waals surface area contributed by atoms with Crippen LogP contribution in [0.3, 0.4) is 0 Å². The molecule has 0 bridgehead atoms. The first kappa shape index (κ1) is 20.7. The van der Waals surface area contributed by atoms with Crippen molar-refractivity contribution >= 4 is 32.7 Å². The summed E-state index contributed by atoms with van der Waals surface area (Å²) >= 11 is 3.30. The second kappa shape index (κ2) is 9.37. The van der Waals surface area contributed by atoms with Gasteiger partial charge in [0.1, 0.15) is 12.4 Å². The highest BCUT2D eigenvalue weighted by atomic mass is 79.9. The maximum atomic E-state index is 12.2. The standard InChI is InChI=1S/C19H16BrNO4.C2H6/c1-11-15-13(8-9-14(20)17(15)22)18(16(21-11)19(23)24-2)25-10-12-6-4-3-5-7-12;1-2/h3-9,22H,10H2,1-2H3;1-2H3. The van der Waals surface area contributed by atoms with Gasteiger partial charge in [0.05, 0.1) is 17.3 Å². The number of aryl methyl sites for hydroxylation is 1. The van der Waals surface area contributed by atoms with Crippen molar-refractivity contribution in [2.45, 2.75) is 27.4 Å². The number of aromatic hydroxyl groups is 1. The van der Waals surface area contributed by atoms with Crippen LogP contribution in [0.5, 0.6) is 11.5 Å². The van der Waals surface area contributed by atoms with Gasteiger partial charge in [-0.05, 0) is 40.5 Å². The number of hydrogen-bond donors (Lipinski definition) is 1. The monoisotopic (exact) mass is 431 g/mol. The van der Waals surface area contributed by atoms with E-state index >= 15 is 0 Å². The fourth-order valence-electron chi connectivity index (χ4n) is 2.63. The Labute approximate surface area is 167 Å². The Balaban J connectivity index is 0.00000126. The minimum absolute atomic E-state index is 0.0588. The fourth-order valence-corrected chi connectivity index (χ4v) is 2.96. The van der Waals surface area contributed by atoms with Crippen molar-refractivity contribution in [1.82, 2.24) is 4.98 Å². The number of pyridine rings is 1. The summed E-state index contributed by atoms with van der Waals surface area (Å²) in [5, 5.41) is 11.5. The Bertz CT molecular complexity index is 942. The van der Waals surface area contributed by atoms with Crippen molar-refractivity contribution in [3.63, 3.8) is 0 Å². The highest BCUT2D eigenvalue weighted by molar-refractivity contribution is 9.10. The van der Waals surface area contributed by atoms with Gasteiger partial charge in [0.25, 0.3) is 0 Å². The molecule has 6 heteroatoms. The summed E-state index contributed by atoms with van der Waals surface area (Å²) in [5.41, 5.74) is 1.56. The number of phenolic OH excluding ortho intramolecular Hbond substituents is 1. The number of benzene rings is 2. The van der Waals surface area contributed by atoms with Crippen LogP contribution < -0.4 is 4.74 Å². The Morgan fingerprint density at radius 1 is 1.15 bits per heavy atom. The van der Waals surface area contributed by atoms with E-state index in [1.54, 1.807) is 19.1 Å². The summed E-state index contributed by atoms with van der Waals surface area (Å²) in [6.07, 6.45) is 0. The smallest absolute Gasteiger partial charge is 0.360 e. The molecule has 0 unspecified atom stereocenters. The lowest BCUT2D eigenvalue weighted by atomic mass is 10.1. The first-order valence-corrected chi connectivity index (χ1v) is 9.39. The van der Waals surface area contributed by atoms with Crippen LogP contribution in [0.25, 0.3) is 10.8 Å². The molecule has 5 nitrogen and oxygen atoms in total. The fraction of sp³-hybridized carbons (Fsp3) is 0.238. The third kappa shape index (κ3) is 4.39. The molecule has 0 fully saturated rings.